The summed E-state index contributed by atoms with van der Waals surface area (Å²) in [6, 6.07) is 15.6. The molecule has 0 saturated carbocycles. The highest BCUT2D eigenvalue weighted by atomic mass is 16.2. The Hall–Kier alpha value is -2.66. The predicted octanol–water partition coefficient (Wildman–Crippen LogP) is 4.17. The van der Waals surface area contributed by atoms with Gasteiger partial charge in [0.1, 0.15) is 0 Å². The summed E-state index contributed by atoms with van der Waals surface area (Å²) in [5.74, 6) is 0.725. The van der Waals surface area contributed by atoms with E-state index in [0.717, 1.165) is 6.42 Å². The molecule has 0 bridgehead atoms. The molecule has 0 aliphatic rings. The highest BCUT2D eigenvalue weighted by Gasteiger charge is 2.17. The van der Waals surface area contributed by atoms with Crippen LogP contribution >= 0.6 is 0 Å². The first kappa shape index (κ1) is 22.6. The zero-order valence-corrected chi connectivity index (χ0v) is 18.1. The quantitative estimate of drug-likeness (QED) is 0.597. The fourth-order valence-corrected chi connectivity index (χ4v) is 3.33. The Labute approximate surface area is 174 Å². The maximum atomic E-state index is 12.4. The summed E-state index contributed by atoms with van der Waals surface area (Å²) >= 11 is 0. The minimum absolute atomic E-state index is 0.101. The first-order valence-electron chi connectivity index (χ1n) is 10.2. The van der Waals surface area contributed by atoms with Gasteiger partial charge in [-0.3, -0.25) is 9.59 Å². The van der Waals surface area contributed by atoms with E-state index in [1.807, 2.05) is 0 Å². The molecule has 1 atom stereocenters. The molecule has 5 nitrogen and oxygen atoms in total. The molecule has 5 heteroatoms. The van der Waals surface area contributed by atoms with Crippen molar-refractivity contribution in [3.05, 3.63) is 65.2 Å². The molecule has 0 spiro atoms. The second-order valence-electron chi connectivity index (χ2n) is 8.15. The summed E-state index contributed by atoms with van der Waals surface area (Å²) in [5, 5.41) is 8.82. The molecule has 0 saturated heterocycles. The third-order valence-corrected chi connectivity index (χ3v) is 4.79. The van der Waals surface area contributed by atoms with Crippen LogP contribution in [0.2, 0.25) is 0 Å². The highest BCUT2D eigenvalue weighted by Crippen LogP contribution is 2.22. The molecule has 0 aliphatic heterocycles. The van der Waals surface area contributed by atoms with Crippen molar-refractivity contribution in [3.8, 4) is 0 Å². The average Bonchev–Trinajstić information content (AvgIpc) is 2.68. The van der Waals surface area contributed by atoms with Gasteiger partial charge in [0.25, 0.3) is 5.91 Å². The second-order valence-corrected chi connectivity index (χ2v) is 8.15. The van der Waals surface area contributed by atoms with E-state index in [-0.39, 0.29) is 24.4 Å². The molecule has 0 fully saturated rings. The summed E-state index contributed by atoms with van der Waals surface area (Å²) in [6.07, 6.45) is 1.07. The Morgan fingerprint density at radius 2 is 1.52 bits per heavy atom. The third-order valence-electron chi connectivity index (χ3n) is 4.79. The van der Waals surface area contributed by atoms with Crippen molar-refractivity contribution >= 4 is 17.5 Å². The minimum Gasteiger partial charge on any atom is -0.355 e. The molecule has 156 valence electrons. The first-order valence-corrected chi connectivity index (χ1v) is 10.2. The fraction of sp³-hybridized carbons (Fsp3) is 0.417. The van der Waals surface area contributed by atoms with Crippen molar-refractivity contribution in [2.45, 2.75) is 40.2 Å². The molecular weight excluding hydrogens is 362 g/mol. The molecule has 2 amide bonds. The maximum Gasteiger partial charge on any atom is 0.251 e. The zero-order chi connectivity index (χ0) is 21.4. The van der Waals surface area contributed by atoms with Gasteiger partial charge in [0.05, 0.1) is 6.54 Å². The van der Waals surface area contributed by atoms with E-state index >= 15 is 0 Å². The van der Waals surface area contributed by atoms with Gasteiger partial charge in [-0.15, -0.1) is 0 Å². The number of hydrogen-bond donors (Lipinski definition) is 3. The van der Waals surface area contributed by atoms with E-state index in [1.54, 1.807) is 31.3 Å². The average molecular weight is 396 g/mol. The number of benzene rings is 2. The van der Waals surface area contributed by atoms with Crippen molar-refractivity contribution < 1.29 is 9.59 Å². The van der Waals surface area contributed by atoms with E-state index in [9.17, 15) is 9.59 Å². The van der Waals surface area contributed by atoms with Gasteiger partial charge in [-0.2, -0.15) is 0 Å². The third kappa shape index (κ3) is 7.02. The summed E-state index contributed by atoms with van der Waals surface area (Å²) in [7, 11) is 1.59. The van der Waals surface area contributed by atoms with Gasteiger partial charge in [0, 0.05) is 24.3 Å². The Morgan fingerprint density at radius 3 is 2.03 bits per heavy atom. The SMILES string of the molecule is CNC(=O)c1ccc(NC(=O)CN[C@H](c2ccc(CC(C)C)cc2)C(C)C)cc1. The largest absolute Gasteiger partial charge is 0.355 e. The minimum atomic E-state index is -0.149. The van der Waals surface area contributed by atoms with Crippen LogP contribution in [0.5, 0.6) is 0 Å². The normalized spacial score (nSPS) is 12.1. The summed E-state index contributed by atoms with van der Waals surface area (Å²) in [6.45, 7) is 8.95. The van der Waals surface area contributed by atoms with E-state index in [1.165, 1.54) is 11.1 Å². The van der Waals surface area contributed by atoms with Crippen molar-refractivity contribution in [2.24, 2.45) is 11.8 Å². The molecule has 0 aromatic heterocycles. The topological polar surface area (TPSA) is 70.2 Å². The molecule has 29 heavy (non-hydrogen) atoms. The van der Waals surface area contributed by atoms with Gasteiger partial charge in [0.2, 0.25) is 5.91 Å². The van der Waals surface area contributed by atoms with Crippen LogP contribution in [-0.4, -0.2) is 25.4 Å². The van der Waals surface area contributed by atoms with Gasteiger partial charge in [0.15, 0.2) is 0 Å². The number of anilines is 1. The maximum absolute atomic E-state index is 12.4. The number of rotatable bonds is 9. The van der Waals surface area contributed by atoms with Crippen molar-refractivity contribution in [3.63, 3.8) is 0 Å². The number of carbonyl (C=O) groups is 2. The Morgan fingerprint density at radius 1 is 0.897 bits per heavy atom. The molecule has 2 rings (SSSR count). The highest BCUT2D eigenvalue weighted by molar-refractivity contribution is 5.96. The molecule has 3 N–H and O–H groups in total. The lowest BCUT2D eigenvalue weighted by molar-refractivity contribution is -0.115. The van der Waals surface area contributed by atoms with Crippen LogP contribution in [0.1, 0.15) is 55.2 Å². The second kappa shape index (κ2) is 10.8. The van der Waals surface area contributed by atoms with Gasteiger partial charge < -0.3 is 16.0 Å². The van der Waals surface area contributed by atoms with Gasteiger partial charge >= 0.3 is 0 Å². The van der Waals surface area contributed by atoms with E-state index in [0.29, 0.717) is 23.1 Å². The molecule has 0 radical (unpaired) electrons. The van der Waals surface area contributed by atoms with Gasteiger partial charge in [-0.05, 0) is 53.6 Å². The summed E-state index contributed by atoms with van der Waals surface area (Å²) in [4.78, 5) is 24.0. The standard InChI is InChI=1S/C24H33N3O2/c1-16(2)14-18-6-8-19(9-7-18)23(17(3)4)26-15-22(28)27-21-12-10-20(11-13-21)24(29)25-5/h6-13,16-17,23,26H,14-15H2,1-5H3,(H,25,29)(H,27,28)/t23-/m0/s1. The van der Waals surface area contributed by atoms with Crippen LogP contribution in [0.3, 0.4) is 0 Å². The van der Waals surface area contributed by atoms with Crippen molar-refractivity contribution in [1.82, 2.24) is 10.6 Å². The zero-order valence-electron chi connectivity index (χ0n) is 18.1. The van der Waals surface area contributed by atoms with E-state index < -0.39 is 0 Å². The van der Waals surface area contributed by atoms with E-state index in [4.69, 9.17) is 0 Å². The number of amides is 2. The number of carbonyl (C=O) groups excluding carboxylic acids is 2. The van der Waals surface area contributed by atoms with Crippen LogP contribution in [0.15, 0.2) is 48.5 Å². The lowest BCUT2D eigenvalue weighted by atomic mass is 9.93. The van der Waals surface area contributed by atoms with Crippen LogP contribution in [0.25, 0.3) is 0 Å². The van der Waals surface area contributed by atoms with Crippen molar-refractivity contribution in [1.29, 1.82) is 0 Å². The summed E-state index contributed by atoms with van der Waals surface area (Å²) in [5.41, 5.74) is 3.76. The molecule has 0 aliphatic carbocycles. The van der Waals surface area contributed by atoms with Gasteiger partial charge in [-0.1, -0.05) is 52.0 Å². The fourth-order valence-electron chi connectivity index (χ4n) is 3.33. The molecular formula is C24H33N3O2. The number of hydrogen-bond acceptors (Lipinski definition) is 3. The molecule has 0 unspecified atom stereocenters. The van der Waals surface area contributed by atoms with Crippen LogP contribution in [0.4, 0.5) is 5.69 Å². The lowest BCUT2D eigenvalue weighted by Gasteiger charge is -2.23. The molecule has 0 heterocycles. The van der Waals surface area contributed by atoms with Crippen LogP contribution in [-0.2, 0) is 11.2 Å². The van der Waals surface area contributed by atoms with E-state index in [2.05, 4.69) is 67.9 Å². The predicted molar refractivity (Wildman–Crippen MR) is 119 cm³/mol. The van der Waals surface area contributed by atoms with Crippen LogP contribution in [0, 0.1) is 11.8 Å². The first-order chi connectivity index (χ1) is 13.8. The summed E-state index contributed by atoms with van der Waals surface area (Å²) < 4.78 is 0. The Balaban J connectivity index is 1.94. The van der Waals surface area contributed by atoms with Crippen molar-refractivity contribution in [2.75, 3.05) is 18.9 Å². The Kier molecular flexibility index (Phi) is 8.40. The molecule has 2 aromatic carbocycles. The lowest BCUT2D eigenvalue weighted by Crippen LogP contribution is -2.33. The Bertz CT molecular complexity index is 796. The smallest absolute Gasteiger partial charge is 0.251 e. The number of nitrogens with one attached hydrogen (secondary N) is 3. The van der Waals surface area contributed by atoms with Crippen LogP contribution < -0.4 is 16.0 Å². The molecule has 2 aromatic rings. The monoisotopic (exact) mass is 395 g/mol. The van der Waals surface area contributed by atoms with Gasteiger partial charge in [-0.25, -0.2) is 0 Å².